The second-order valence-electron chi connectivity index (χ2n) is 3.61. The summed E-state index contributed by atoms with van der Waals surface area (Å²) < 4.78 is 42.1. The number of halogens is 3. The van der Waals surface area contributed by atoms with Gasteiger partial charge >= 0.3 is 6.18 Å². The van der Waals surface area contributed by atoms with Crippen LogP contribution in [0.15, 0.2) is 18.3 Å². The molecule has 2 rings (SSSR count). The summed E-state index contributed by atoms with van der Waals surface area (Å²) in [6, 6.07) is 2.23. The fraction of sp³-hybridized carbons (Fsp3) is 0.500. The number of nitrogens with zero attached hydrogens (tertiary/aromatic N) is 1. The quantitative estimate of drug-likeness (QED) is 0.844. The number of pyridine rings is 1. The van der Waals surface area contributed by atoms with E-state index >= 15 is 0 Å². The minimum atomic E-state index is -4.40. The zero-order valence-corrected chi connectivity index (χ0v) is 8.42. The molecule has 1 saturated heterocycles. The van der Waals surface area contributed by atoms with Crippen molar-refractivity contribution in [1.82, 2.24) is 10.3 Å². The highest BCUT2D eigenvalue weighted by molar-refractivity contribution is 5.21. The van der Waals surface area contributed by atoms with E-state index < -0.39 is 11.9 Å². The first-order valence-corrected chi connectivity index (χ1v) is 4.96. The number of rotatable bonds is 2. The van der Waals surface area contributed by atoms with E-state index in [-0.39, 0.29) is 6.10 Å². The molecule has 0 radical (unpaired) electrons. The molecule has 1 fully saturated rings. The topological polar surface area (TPSA) is 34.1 Å². The normalized spacial score (nSPS) is 21.1. The third kappa shape index (κ3) is 2.63. The van der Waals surface area contributed by atoms with Crippen molar-refractivity contribution in [3.63, 3.8) is 0 Å². The number of alkyl halides is 3. The summed E-state index contributed by atoms with van der Waals surface area (Å²) >= 11 is 0. The van der Waals surface area contributed by atoms with Gasteiger partial charge in [0.15, 0.2) is 0 Å². The third-order valence-corrected chi connectivity index (χ3v) is 2.34. The first-order valence-electron chi connectivity index (χ1n) is 4.96. The molecule has 0 amide bonds. The second kappa shape index (κ2) is 4.29. The molecule has 3 nitrogen and oxygen atoms in total. The summed E-state index contributed by atoms with van der Waals surface area (Å²) in [5.74, 6) is 0.377. The zero-order chi connectivity index (χ0) is 11.6. The largest absolute Gasteiger partial charge is 0.487 e. The van der Waals surface area contributed by atoms with Gasteiger partial charge in [-0.3, -0.25) is 0 Å². The number of ether oxygens (including phenoxy) is 1. The molecule has 1 aromatic heterocycles. The van der Waals surface area contributed by atoms with Crippen LogP contribution in [-0.4, -0.2) is 24.2 Å². The number of nitrogens with one attached hydrogen (secondary N) is 1. The third-order valence-electron chi connectivity index (χ3n) is 2.34. The molecule has 16 heavy (non-hydrogen) atoms. The number of aromatic nitrogens is 1. The van der Waals surface area contributed by atoms with Crippen LogP contribution < -0.4 is 10.1 Å². The van der Waals surface area contributed by atoms with E-state index in [0.717, 1.165) is 31.8 Å². The fourth-order valence-corrected chi connectivity index (χ4v) is 1.54. The lowest BCUT2D eigenvalue weighted by atomic mass is 10.3. The van der Waals surface area contributed by atoms with Crippen molar-refractivity contribution >= 4 is 0 Å². The van der Waals surface area contributed by atoms with Crippen molar-refractivity contribution in [3.8, 4) is 5.75 Å². The molecule has 88 valence electrons. The molecule has 1 aliphatic heterocycles. The van der Waals surface area contributed by atoms with Crippen LogP contribution in [0.5, 0.6) is 5.75 Å². The zero-order valence-electron chi connectivity index (χ0n) is 8.42. The van der Waals surface area contributed by atoms with E-state index in [2.05, 4.69) is 10.3 Å². The van der Waals surface area contributed by atoms with Crippen molar-refractivity contribution in [3.05, 3.63) is 24.0 Å². The SMILES string of the molecule is FC(F)(F)c1ccc(OC2CCNC2)cn1. The van der Waals surface area contributed by atoms with Crippen molar-refractivity contribution < 1.29 is 17.9 Å². The Hall–Kier alpha value is -1.30. The van der Waals surface area contributed by atoms with Gasteiger partial charge in [-0.05, 0) is 25.1 Å². The van der Waals surface area contributed by atoms with Crippen LogP contribution in [0.25, 0.3) is 0 Å². The van der Waals surface area contributed by atoms with E-state index in [9.17, 15) is 13.2 Å². The van der Waals surface area contributed by atoms with Crippen molar-refractivity contribution in [2.24, 2.45) is 0 Å². The van der Waals surface area contributed by atoms with Crippen molar-refractivity contribution in [2.75, 3.05) is 13.1 Å². The summed E-state index contributed by atoms with van der Waals surface area (Å²) in [6.07, 6.45) is -2.39. The number of hydrogen-bond donors (Lipinski definition) is 1. The van der Waals surface area contributed by atoms with Gasteiger partial charge in [-0.2, -0.15) is 13.2 Å². The Morgan fingerprint density at radius 2 is 2.19 bits per heavy atom. The highest BCUT2D eigenvalue weighted by atomic mass is 19.4. The Labute approximate surface area is 90.6 Å². The van der Waals surface area contributed by atoms with E-state index in [0.29, 0.717) is 5.75 Å². The minimum Gasteiger partial charge on any atom is -0.487 e. The predicted octanol–water partition coefficient (Wildman–Crippen LogP) is 1.84. The highest BCUT2D eigenvalue weighted by Crippen LogP contribution is 2.28. The standard InChI is InChI=1S/C10H11F3N2O/c11-10(12,13)9-2-1-7(6-15-9)16-8-3-4-14-5-8/h1-2,6,8,14H,3-5H2. The molecule has 0 saturated carbocycles. The van der Waals surface area contributed by atoms with Gasteiger partial charge < -0.3 is 10.1 Å². The lowest BCUT2D eigenvalue weighted by Gasteiger charge is -2.12. The van der Waals surface area contributed by atoms with Crippen LogP contribution in [0.2, 0.25) is 0 Å². The van der Waals surface area contributed by atoms with Gasteiger partial charge in [-0.1, -0.05) is 0 Å². The van der Waals surface area contributed by atoms with Gasteiger partial charge in [0.2, 0.25) is 0 Å². The highest BCUT2D eigenvalue weighted by Gasteiger charge is 2.32. The van der Waals surface area contributed by atoms with Gasteiger partial charge in [0.1, 0.15) is 17.5 Å². The molecule has 1 aromatic rings. The summed E-state index contributed by atoms with van der Waals surface area (Å²) in [5, 5.41) is 3.10. The molecule has 0 aromatic carbocycles. The first-order chi connectivity index (χ1) is 7.55. The lowest BCUT2D eigenvalue weighted by Crippen LogP contribution is -2.19. The number of hydrogen-bond acceptors (Lipinski definition) is 3. The van der Waals surface area contributed by atoms with E-state index in [4.69, 9.17) is 4.74 Å². The van der Waals surface area contributed by atoms with Gasteiger partial charge in [0.25, 0.3) is 0 Å². The Bertz CT molecular complexity index is 344. The summed E-state index contributed by atoms with van der Waals surface area (Å²) in [7, 11) is 0. The molecule has 1 aliphatic rings. The summed E-state index contributed by atoms with van der Waals surface area (Å²) in [6.45, 7) is 1.60. The Morgan fingerprint density at radius 1 is 1.38 bits per heavy atom. The van der Waals surface area contributed by atoms with E-state index in [1.807, 2.05) is 0 Å². The molecule has 0 aliphatic carbocycles. The fourth-order valence-electron chi connectivity index (χ4n) is 1.54. The summed E-state index contributed by atoms with van der Waals surface area (Å²) in [4.78, 5) is 3.32. The van der Waals surface area contributed by atoms with Crippen molar-refractivity contribution in [1.29, 1.82) is 0 Å². The van der Waals surface area contributed by atoms with Crippen molar-refractivity contribution in [2.45, 2.75) is 18.7 Å². The predicted molar refractivity (Wildman–Crippen MR) is 51.1 cm³/mol. The Kier molecular flexibility index (Phi) is 3.00. The van der Waals surface area contributed by atoms with Gasteiger partial charge in [0, 0.05) is 6.54 Å². The Morgan fingerprint density at radius 3 is 2.69 bits per heavy atom. The second-order valence-corrected chi connectivity index (χ2v) is 3.61. The lowest BCUT2D eigenvalue weighted by molar-refractivity contribution is -0.141. The van der Waals surface area contributed by atoms with Gasteiger partial charge in [0.05, 0.1) is 6.20 Å². The molecule has 1 atom stereocenters. The van der Waals surface area contributed by atoms with Crippen LogP contribution in [0.1, 0.15) is 12.1 Å². The molecule has 0 bridgehead atoms. The molecule has 0 spiro atoms. The van der Waals surface area contributed by atoms with Gasteiger partial charge in [-0.25, -0.2) is 4.98 Å². The van der Waals surface area contributed by atoms with Gasteiger partial charge in [-0.15, -0.1) is 0 Å². The smallest absolute Gasteiger partial charge is 0.433 e. The average molecular weight is 232 g/mol. The van der Waals surface area contributed by atoms with Crippen LogP contribution in [0.4, 0.5) is 13.2 Å². The molecular formula is C10H11F3N2O. The van der Waals surface area contributed by atoms with Crippen LogP contribution in [0.3, 0.4) is 0 Å². The monoisotopic (exact) mass is 232 g/mol. The van der Waals surface area contributed by atoms with Crippen LogP contribution in [-0.2, 0) is 6.18 Å². The average Bonchev–Trinajstić information content (AvgIpc) is 2.70. The van der Waals surface area contributed by atoms with E-state index in [1.54, 1.807) is 0 Å². The maximum Gasteiger partial charge on any atom is 0.433 e. The molecule has 1 N–H and O–H groups in total. The molecule has 6 heteroatoms. The van der Waals surface area contributed by atoms with E-state index in [1.165, 1.54) is 6.07 Å². The maximum atomic E-state index is 12.2. The van der Waals surface area contributed by atoms with Crippen LogP contribution >= 0.6 is 0 Å². The Balaban J connectivity index is 2.01. The van der Waals surface area contributed by atoms with Crippen LogP contribution in [0, 0.1) is 0 Å². The summed E-state index contributed by atoms with van der Waals surface area (Å²) in [5.41, 5.74) is -0.899. The molecule has 2 heterocycles. The molecular weight excluding hydrogens is 221 g/mol. The maximum absolute atomic E-state index is 12.2. The minimum absolute atomic E-state index is 0.0264. The first kappa shape index (κ1) is 11.2. The molecule has 1 unspecified atom stereocenters.